The van der Waals surface area contributed by atoms with Gasteiger partial charge in [0.2, 0.25) is 5.91 Å². The predicted molar refractivity (Wildman–Crippen MR) is 97.9 cm³/mol. The van der Waals surface area contributed by atoms with Crippen LogP contribution < -0.4 is 15.4 Å². The summed E-state index contributed by atoms with van der Waals surface area (Å²) in [7, 11) is 0. The maximum atomic E-state index is 13.5. The van der Waals surface area contributed by atoms with E-state index in [0.717, 1.165) is 0 Å². The molecule has 2 heterocycles. The Bertz CT molecular complexity index is 953. The van der Waals surface area contributed by atoms with Gasteiger partial charge in [0.05, 0.1) is 6.54 Å². The molecule has 2 N–H and O–H groups in total. The number of rotatable bonds is 7. The van der Waals surface area contributed by atoms with E-state index in [1.54, 1.807) is 23.6 Å². The van der Waals surface area contributed by atoms with E-state index < -0.39 is 11.7 Å². The van der Waals surface area contributed by atoms with Crippen molar-refractivity contribution >= 4 is 28.3 Å². The van der Waals surface area contributed by atoms with Gasteiger partial charge in [-0.3, -0.25) is 14.9 Å². The highest BCUT2D eigenvalue weighted by Crippen LogP contribution is 2.26. The lowest BCUT2D eigenvalue weighted by molar-refractivity contribution is -0.119. The van der Waals surface area contributed by atoms with Gasteiger partial charge in [0, 0.05) is 12.3 Å². The molecule has 140 valence electrons. The zero-order valence-electron chi connectivity index (χ0n) is 14.3. The number of anilines is 1. The number of benzene rings is 1. The van der Waals surface area contributed by atoms with Gasteiger partial charge in [-0.15, -0.1) is 11.3 Å². The second-order valence-corrected chi connectivity index (χ2v) is 6.34. The summed E-state index contributed by atoms with van der Waals surface area (Å²) in [5, 5.41) is 7.33. The number of amides is 2. The Morgan fingerprint density at radius 3 is 2.85 bits per heavy atom. The highest BCUT2D eigenvalue weighted by atomic mass is 32.1. The van der Waals surface area contributed by atoms with Crippen molar-refractivity contribution in [2.24, 2.45) is 0 Å². The summed E-state index contributed by atoms with van der Waals surface area (Å²) in [4.78, 5) is 27.1. The number of furan rings is 1. The van der Waals surface area contributed by atoms with E-state index in [2.05, 4.69) is 15.6 Å². The smallest absolute Gasteiger partial charge is 0.264 e. The fraction of sp³-hybridized carbons (Fsp3) is 0.167. The molecule has 0 unspecified atom stereocenters. The average molecular weight is 389 g/mol. The maximum Gasteiger partial charge on any atom is 0.264 e. The van der Waals surface area contributed by atoms with Gasteiger partial charge >= 0.3 is 0 Å². The molecule has 27 heavy (non-hydrogen) atoms. The SMILES string of the molecule is CC(=O)NCc1ccc(-c2csc(NC(=O)COc3ccccc3F)n2)o1. The van der Waals surface area contributed by atoms with Crippen LogP contribution in [0.5, 0.6) is 5.75 Å². The number of halogens is 1. The Kier molecular flexibility index (Phi) is 5.82. The second kappa shape index (κ2) is 8.45. The van der Waals surface area contributed by atoms with Gasteiger partial charge in [0.25, 0.3) is 5.91 Å². The van der Waals surface area contributed by atoms with Crippen LogP contribution in [0.2, 0.25) is 0 Å². The van der Waals surface area contributed by atoms with Crippen molar-refractivity contribution in [2.45, 2.75) is 13.5 Å². The van der Waals surface area contributed by atoms with E-state index in [4.69, 9.17) is 9.15 Å². The van der Waals surface area contributed by atoms with Crippen molar-refractivity contribution < 1.29 is 23.1 Å². The van der Waals surface area contributed by atoms with Gasteiger partial charge in [-0.2, -0.15) is 0 Å². The molecule has 3 rings (SSSR count). The zero-order chi connectivity index (χ0) is 19.2. The monoisotopic (exact) mass is 389 g/mol. The van der Waals surface area contributed by atoms with Crippen LogP contribution in [0.15, 0.2) is 46.2 Å². The summed E-state index contributed by atoms with van der Waals surface area (Å²) in [5.74, 6) is -0.00887. The molecule has 0 fully saturated rings. The molecule has 7 nitrogen and oxygen atoms in total. The molecule has 0 radical (unpaired) electrons. The van der Waals surface area contributed by atoms with Crippen molar-refractivity contribution in [3.8, 4) is 17.2 Å². The van der Waals surface area contributed by atoms with Crippen LogP contribution >= 0.6 is 11.3 Å². The molecule has 0 aliphatic heterocycles. The van der Waals surface area contributed by atoms with Crippen molar-refractivity contribution in [1.29, 1.82) is 0 Å². The molecule has 0 saturated carbocycles. The normalized spacial score (nSPS) is 10.4. The predicted octanol–water partition coefficient (Wildman–Crippen LogP) is 3.20. The molecule has 2 aromatic heterocycles. The number of aromatic nitrogens is 1. The molecule has 3 aromatic rings. The molecule has 1 aromatic carbocycles. The Balaban J connectivity index is 1.55. The minimum Gasteiger partial charge on any atom is -0.481 e. The first-order chi connectivity index (χ1) is 13.0. The first-order valence-electron chi connectivity index (χ1n) is 7.97. The van der Waals surface area contributed by atoms with Crippen molar-refractivity contribution in [3.63, 3.8) is 0 Å². The largest absolute Gasteiger partial charge is 0.481 e. The van der Waals surface area contributed by atoms with Gasteiger partial charge < -0.3 is 14.5 Å². The van der Waals surface area contributed by atoms with Gasteiger partial charge in [0.1, 0.15) is 11.5 Å². The first-order valence-corrected chi connectivity index (χ1v) is 8.85. The Labute approximate surface area is 158 Å². The minimum atomic E-state index is -0.533. The molecule has 0 aliphatic rings. The molecule has 0 bridgehead atoms. The summed E-state index contributed by atoms with van der Waals surface area (Å²) in [5.41, 5.74) is 0.555. The maximum absolute atomic E-state index is 13.5. The topological polar surface area (TPSA) is 93.5 Å². The van der Waals surface area contributed by atoms with Crippen LogP contribution in [0.4, 0.5) is 9.52 Å². The summed E-state index contributed by atoms with van der Waals surface area (Å²) in [6.45, 7) is 1.38. The number of hydrogen-bond acceptors (Lipinski definition) is 6. The highest BCUT2D eigenvalue weighted by Gasteiger charge is 2.12. The standard InChI is InChI=1S/C18H16FN3O4S/c1-11(23)20-8-12-6-7-16(26-12)14-10-27-18(21-14)22-17(24)9-25-15-5-3-2-4-13(15)19/h2-7,10H,8-9H2,1H3,(H,20,23)(H,21,22,24). The molecule has 0 spiro atoms. The highest BCUT2D eigenvalue weighted by molar-refractivity contribution is 7.14. The van der Waals surface area contributed by atoms with Crippen LogP contribution in [0.25, 0.3) is 11.5 Å². The number of para-hydroxylation sites is 1. The fourth-order valence-electron chi connectivity index (χ4n) is 2.13. The molecule has 9 heteroatoms. The third-order valence-electron chi connectivity index (χ3n) is 3.37. The molecule has 2 amide bonds. The number of carbonyl (C=O) groups excluding carboxylic acids is 2. The number of thiazole rings is 1. The lowest BCUT2D eigenvalue weighted by atomic mass is 10.3. The van der Waals surface area contributed by atoms with Crippen LogP contribution in [0.1, 0.15) is 12.7 Å². The fourth-order valence-corrected chi connectivity index (χ4v) is 2.84. The molecule has 0 saturated heterocycles. The van der Waals surface area contributed by atoms with Crippen molar-refractivity contribution in [3.05, 3.63) is 53.4 Å². The quantitative estimate of drug-likeness (QED) is 0.647. The van der Waals surface area contributed by atoms with E-state index >= 15 is 0 Å². The number of carbonyl (C=O) groups is 2. The summed E-state index contributed by atoms with van der Waals surface area (Å²) in [6, 6.07) is 9.33. The lowest BCUT2D eigenvalue weighted by Gasteiger charge is -2.06. The van der Waals surface area contributed by atoms with Crippen LogP contribution in [-0.2, 0) is 16.1 Å². The van der Waals surface area contributed by atoms with E-state index in [1.165, 1.54) is 36.5 Å². The summed E-state index contributed by atoms with van der Waals surface area (Å²) >= 11 is 1.22. The Hall–Kier alpha value is -3.20. The van der Waals surface area contributed by atoms with Crippen molar-refractivity contribution in [1.82, 2.24) is 10.3 Å². The number of nitrogens with zero attached hydrogens (tertiary/aromatic N) is 1. The van der Waals surface area contributed by atoms with E-state index in [0.29, 0.717) is 22.3 Å². The minimum absolute atomic E-state index is 0.00904. The molecule has 0 atom stereocenters. The van der Waals surface area contributed by atoms with E-state index in [1.807, 2.05) is 0 Å². The van der Waals surface area contributed by atoms with E-state index in [-0.39, 0.29) is 24.8 Å². The number of nitrogens with one attached hydrogen (secondary N) is 2. The zero-order valence-corrected chi connectivity index (χ0v) is 15.1. The van der Waals surface area contributed by atoms with Gasteiger partial charge in [0.15, 0.2) is 29.1 Å². The first kappa shape index (κ1) is 18.6. The van der Waals surface area contributed by atoms with E-state index in [9.17, 15) is 14.0 Å². The van der Waals surface area contributed by atoms with Crippen LogP contribution in [0, 0.1) is 5.82 Å². The van der Waals surface area contributed by atoms with Crippen LogP contribution in [0.3, 0.4) is 0 Å². The number of ether oxygens (including phenoxy) is 1. The van der Waals surface area contributed by atoms with Crippen LogP contribution in [-0.4, -0.2) is 23.4 Å². The Morgan fingerprint density at radius 2 is 2.07 bits per heavy atom. The second-order valence-electron chi connectivity index (χ2n) is 5.48. The third kappa shape index (κ3) is 5.14. The third-order valence-corrected chi connectivity index (χ3v) is 4.13. The van der Waals surface area contributed by atoms with Crippen molar-refractivity contribution in [2.75, 3.05) is 11.9 Å². The molecule has 0 aliphatic carbocycles. The Morgan fingerprint density at radius 1 is 1.26 bits per heavy atom. The number of hydrogen-bond donors (Lipinski definition) is 2. The summed E-state index contributed by atoms with van der Waals surface area (Å²) in [6.07, 6.45) is 0. The van der Waals surface area contributed by atoms with Gasteiger partial charge in [-0.1, -0.05) is 12.1 Å². The van der Waals surface area contributed by atoms with Gasteiger partial charge in [-0.05, 0) is 24.3 Å². The molecular formula is C18H16FN3O4S. The average Bonchev–Trinajstić information content (AvgIpc) is 3.28. The molecular weight excluding hydrogens is 373 g/mol. The summed E-state index contributed by atoms with van der Waals surface area (Å²) < 4.78 is 24.2. The lowest BCUT2D eigenvalue weighted by Crippen LogP contribution is -2.20. The van der Waals surface area contributed by atoms with Gasteiger partial charge in [-0.25, -0.2) is 9.37 Å².